The van der Waals surface area contributed by atoms with Crippen LogP contribution in [0.5, 0.6) is 5.75 Å². The van der Waals surface area contributed by atoms with E-state index in [-0.39, 0.29) is 34.1 Å². The molecule has 0 fully saturated rings. The van der Waals surface area contributed by atoms with Gasteiger partial charge in [-0.05, 0) is 30.3 Å². The summed E-state index contributed by atoms with van der Waals surface area (Å²) in [5.74, 6) is -1.64. The summed E-state index contributed by atoms with van der Waals surface area (Å²) in [6.45, 7) is -0.698. The van der Waals surface area contributed by atoms with Crippen LogP contribution in [-0.2, 0) is 9.53 Å². The van der Waals surface area contributed by atoms with E-state index in [4.69, 9.17) is 9.47 Å². The average Bonchev–Trinajstić information content (AvgIpc) is 2.83. The van der Waals surface area contributed by atoms with Crippen molar-refractivity contribution in [3.05, 3.63) is 92.5 Å². The van der Waals surface area contributed by atoms with E-state index in [2.05, 4.69) is 10.6 Å². The van der Waals surface area contributed by atoms with Gasteiger partial charge in [0.2, 0.25) is 0 Å². The normalized spacial score (nSPS) is 10.1. The summed E-state index contributed by atoms with van der Waals surface area (Å²) in [7, 11) is 1.28. The third-order valence-corrected chi connectivity index (χ3v) is 4.49. The Morgan fingerprint density at radius 2 is 1.62 bits per heavy atom. The van der Waals surface area contributed by atoms with Gasteiger partial charge in [-0.3, -0.25) is 25.0 Å². The monoisotopic (exact) mass is 466 g/mol. The van der Waals surface area contributed by atoms with E-state index in [1.165, 1.54) is 31.4 Å². The number of esters is 1. The molecule has 34 heavy (non-hydrogen) atoms. The van der Waals surface area contributed by atoms with Gasteiger partial charge in [-0.15, -0.1) is 0 Å². The molecule has 0 saturated heterocycles. The molecule has 2 N–H and O–H groups in total. The summed E-state index contributed by atoms with van der Waals surface area (Å²) in [6, 6.07) is 16.1. The predicted octanol–water partition coefficient (Wildman–Crippen LogP) is 4.05. The smallest absolute Gasteiger partial charge is 0.338 e. The van der Waals surface area contributed by atoms with E-state index in [1.54, 1.807) is 30.3 Å². The minimum absolute atomic E-state index is 0.0472. The zero-order valence-corrected chi connectivity index (χ0v) is 17.7. The van der Waals surface area contributed by atoms with Crippen LogP contribution in [0.4, 0.5) is 28.4 Å². The van der Waals surface area contributed by atoms with Crippen LogP contribution < -0.4 is 15.4 Å². The second-order valence-corrected chi connectivity index (χ2v) is 6.75. The number of hydrogen-bond acceptors (Lipinski definition) is 9. The molecule has 12 nitrogen and oxygen atoms in total. The number of carbonyl (C=O) groups is 2. The number of methoxy groups -OCH3 is 1. The molecule has 0 heterocycles. The van der Waals surface area contributed by atoms with E-state index in [9.17, 15) is 29.8 Å². The number of rotatable bonds is 9. The molecule has 0 atom stereocenters. The lowest BCUT2D eigenvalue weighted by Crippen LogP contribution is -2.21. The maximum absolute atomic E-state index is 12.3. The lowest BCUT2D eigenvalue weighted by Gasteiger charge is -2.11. The van der Waals surface area contributed by atoms with E-state index in [0.717, 1.165) is 12.1 Å². The first-order valence-corrected chi connectivity index (χ1v) is 9.68. The third kappa shape index (κ3) is 5.82. The number of nitro benzene ring substituents is 2. The molecular formula is C22H18N4O8. The highest BCUT2D eigenvalue weighted by molar-refractivity contribution is 5.97. The molecule has 0 aliphatic carbocycles. The minimum Gasteiger partial charge on any atom is -0.494 e. The van der Waals surface area contributed by atoms with Gasteiger partial charge < -0.3 is 20.1 Å². The van der Waals surface area contributed by atoms with Crippen molar-refractivity contribution in [1.82, 2.24) is 0 Å². The number of nitrogens with one attached hydrogen (secondary N) is 2. The largest absolute Gasteiger partial charge is 0.494 e. The first-order valence-electron chi connectivity index (χ1n) is 9.68. The molecule has 0 aliphatic rings. The summed E-state index contributed by atoms with van der Waals surface area (Å²) < 4.78 is 9.97. The summed E-state index contributed by atoms with van der Waals surface area (Å²) in [5.41, 5.74) is 0.244. The summed E-state index contributed by atoms with van der Waals surface area (Å²) in [4.78, 5) is 45.6. The van der Waals surface area contributed by atoms with Crippen molar-refractivity contribution in [3.63, 3.8) is 0 Å². The number of para-hydroxylation sites is 1. The van der Waals surface area contributed by atoms with Crippen LogP contribution >= 0.6 is 0 Å². The Morgan fingerprint density at radius 3 is 2.26 bits per heavy atom. The van der Waals surface area contributed by atoms with Gasteiger partial charge in [0, 0.05) is 17.8 Å². The minimum atomic E-state index is -0.944. The van der Waals surface area contributed by atoms with Gasteiger partial charge in [0.15, 0.2) is 6.61 Å². The highest BCUT2D eigenvalue weighted by atomic mass is 16.6. The standard InChI is InChI=1S/C22H18N4O8/c1-33-20-12-16(25(29)30)8-10-18(20)24-21(27)13-34-22(28)14-7-9-17(19(11-14)26(31)32)23-15-5-3-2-4-6-15/h2-12,23H,13H2,1H3,(H,24,27). The fourth-order valence-electron chi connectivity index (χ4n) is 2.89. The highest BCUT2D eigenvalue weighted by Crippen LogP contribution is 2.30. The van der Waals surface area contributed by atoms with E-state index in [0.29, 0.717) is 5.69 Å². The predicted molar refractivity (Wildman–Crippen MR) is 121 cm³/mol. The number of amides is 1. The second-order valence-electron chi connectivity index (χ2n) is 6.75. The van der Waals surface area contributed by atoms with Crippen molar-refractivity contribution >= 4 is 40.3 Å². The van der Waals surface area contributed by atoms with Gasteiger partial charge in [-0.1, -0.05) is 18.2 Å². The molecule has 0 radical (unpaired) electrons. The quantitative estimate of drug-likeness (QED) is 0.269. The molecule has 0 aromatic heterocycles. The van der Waals surface area contributed by atoms with Crippen LogP contribution in [0.3, 0.4) is 0 Å². The Morgan fingerprint density at radius 1 is 0.912 bits per heavy atom. The van der Waals surface area contributed by atoms with Gasteiger partial charge in [0.05, 0.1) is 34.3 Å². The van der Waals surface area contributed by atoms with Gasteiger partial charge in [-0.2, -0.15) is 0 Å². The first kappa shape index (κ1) is 23.7. The Labute approximate surface area is 192 Å². The topological polar surface area (TPSA) is 163 Å². The van der Waals surface area contributed by atoms with Crippen LogP contribution in [0.2, 0.25) is 0 Å². The molecule has 0 bridgehead atoms. The average molecular weight is 466 g/mol. The molecular weight excluding hydrogens is 448 g/mol. The van der Waals surface area contributed by atoms with E-state index < -0.39 is 28.3 Å². The maximum Gasteiger partial charge on any atom is 0.338 e. The fourth-order valence-corrected chi connectivity index (χ4v) is 2.89. The lowest BCUT2D eigenvalue weighted by molar-refractivity contribution is -0.384. The summed E-state index contributed by atoms with van der Waals surface area (Å²) in [6.07, 6.45) is 0. The van der Waals surface area contributed by atoms with Crippen LogP contribution in [-0.4, -0.2) is 35.4 Å². The molecule has 3 aromatic rings. The number of non-ortho nitro benzene ring substituents is 1. The molecule has 0 spiro atoms. The fraction of sp³-hybridized carbons (Fsp3) is 0.0909. The van der Waals surface area contributed by atoms with E-state index in [1.807, 2.05) is 0 Å². The summed E-state index contributed by atoms with van der Waals surface area (Å²) >= 11 is 0. The van der Waals surface area contributed by atoms with Crippen molar-refractivity contribution in [2.24, 2.45) is 0 Å². The Hall–Kier alpha value is -5.00. The molecule has 3 aromatic carbocycles. The van der Waals surface area contributed by atoms with Crippen LogP contribution in [0.1, 0.15) is 10.4 Å². The van der Waals surface area contributed by atoms with Crippen LogP contribution in [0.15, 0.2) is 66.7 Å². The number of benzene rings is 3. The number of nitrogens with zero attached hydrogens (tertiary/aromatic N) is 2. The van der Waals surface area contributed by atoms with Crippen molar-refractivity contribution in [2.75, 3.05) is 24.4 Å². The van der Waals surface area contributed by atoms with Crippen molar-refractivity contribution in [3.8, 4) is 5.75 Å². The summed E-state index contributed by atoms with van der Waals surface area (Å²) in [5, 5.41) is 27.7. The molecule has 0 unspecified atom stereocenters. The van der Waals surface area contributed by atoms with Gasteiger partial charge in [0.25, 0.3) is 17.3 Å². The molecule has 1 amide bonds. The lowest BCUT2D eigenvalue weighted by atomic mass is 10.1. The first-order chi connectivity index (χ1) is 16.3. The molecule has 3 rings (SSSR count). The number of carbonyl (C=O) groups excluding carboxylic acids is 2. The van der Waals surface area contributed by atoms with Crippen LogP contribution in [0, 0.1) is 20.2 Å². The Kier molecular flexibility index (Phi) is 7.34. The van der Waals surface area contributed by atoms with Crippen molar-refractivity contribution in [1.29, 1.82) is 0 Å². The zero-order chi connectivity index (χ0) is 24.7. The molecule has 12 heteroatoms. The number of nitro groups is 2. The van der Waals surface area contributed by atoms with Crippen LogP contribution in [0.25, 0.3) is 0 Å². The molecule has 0 saturated carbocycles. The number of hydrogen-bond donors (Lipinski definition) is 2. The molecule has 0 aliphatic heterocycles. The number of ether oxygens (including phenoxy) is 2. The van der Waals surface area contributed by atoms with Gasteiger partial charge >= 0.3 is 5.97 Å². The van der Waals surface area contributed by atoms with Crippen molar-refractivity contribution in [2.45, 2.75) is 0 Å². The Bertz CT molecular complexity index is 1250. The van der Waals surface area contributed by atoms with E-state index >= 15 is 0 Å². The van der Waals surface area contributed by atoms with Gasteiger partial charge in [0.1, 0.15) is 11.4 Å². The second kappa shape index (κ2) is 10.5. The third-order valence-electron chi connectivity index (χ3n) is 4.49. The van der Waals surface area contributed by atoms with Gasteiger partial charge in [-0.25, -0.2) is 4.79 Å². The Balaban J connectivity index is 1.66. The maximum atomic E-state index is 12.3. The molecule has 174 valence electrons. The SMILES string of the molecule is COc1cc([N+](=O)[O-])ccc1NC(=O)COC(=O)c1ccc(Nc2ccccc2)c([N+](=O)[O-])c1. The number of anilines is 3. The highest BCUT2D eigenvalue weighted by Gasteiger charge is 2.20. The van der Waals surface area contributed by atoms with Crippen molar-refractivity contribution < 1.29 is 28.9 Å². The zero-order valence-electron chi connectivity index (χ0n) is 17.7.